The molecule has 1 aromatic carbocycles. The number of hydrogen-bond donors (Lipinski definition) is 1. The Morgan fingerprint density at radius 2 is 2.17 bits per heavy atom. The third-order valence-electron chi connectivity index (χ3n) is 1.58. The van der Waals surface area contributed by atoms with Gasteiger partial charge in [0.15, 0.2) is 5.75 Å². The number of thiophene rings is 1. The third-order valence-corrected chi connectivity index (χ3v) is 3.20. The van der Waals surface area contributed by atoms with Gasteiger partial charge in [0.05, 0.1) is 0 Å². The van der Waals surface area contributed by atoms with E-state index in [2.05, 4.69) is 22.6 Å². The molecule has 1 nitrogen and oxygen atoms in total. The highest BCUT2D eigenvalue weighted by atomic mass is 127. The molecule has 1 heterocycles. The summed E-state index contributed by atoms with van der Waals surface area (Å²) in [7, 11) is 0. The van der Waals surface area contributed by atoms with Crippen molar-refractivity contribution in [2.75, 3.05) is 0 Å². The fourth-order valence-electron chi connectivity index (χ4n) is 1.03. The van der Waals surface area contributed by atoms with E-state index in [4.69, 9.17) is 0 Å². The fourth-order valence-corrected chi connectivity index (χ4v) is 2.32. The highest BCUT2D eigenvalue weighted by molar-refractivity contribution is 14.1. The molecular formula is C8H4FIOS. The first kappa shape index (κ1) is 8.25. The normalized spacial score (nSPS) is 10.8. The van der Waals surface area contributed by atoms with Crippen LogP contribution in [-0.4, -0.2) is 5.11 Å². The van der Waals surface area contributed by atoms with Crippen LogP contribution in [0.4, 0.5) is 4.39 Å². The summed E-state index contributed by atoms with van der Waals surface area (Å²) in [5, 5.41) is 9.35. The Morgan fingerprint density at radius 3 is 2.92 bits per heavy atom. The smallest absolute Gasteiger partial charge is 0.219 e. The SMILES string of the molecule is Oc1c(F)sc2ccc(I)cc12. The molecule has 1 aromatic heterocycles. The lowest BCUT2D eigenvalue weighted by Crippen LogP contribution is -1.68. The average Bonchev–Trinajstić information content (AvgIpc) is 2.31. The summed E-state index contributed by atoms with van der Waals surface area (Å²) in [5.74, 6) is -0.228. The van der Waals surface area contributed by atoms with Crippen molar-refractivity contribution in [3.05, 3.63) is 26.9 Å². The van der Waals surface area contributed by atoms with E-state index in [0.717, 1.165) is 19.6 Å². The molecule has 2 aromatic rings. The number of fused-ring (bicyclic) bond motifs is 1. The van der Waals surface area contributed by atoms with Crippen LogP contribution in [0.15, 0.2) is 18.2 Å². The van der Waals surface area contributed by atoms with Gasteiger partial charge < -0.3 is 5.11 Å². The molecule has 2 rings (SSSR count). The van der Waals surface area contributed by atoms with Crippen molar-refractivity contribution in [1.29, 1.82) is 0 Å². The van der Waals surface area contributed by atoms with Crippen LogP contribution >= 0.6 is 33.9 Å². The predicted molar refractivity (Wildman–Crippen MR) is 56.2 cm³/mol. The molecule has 0 spiro atoms. The van der Waals surface area contributed by atoms with Crippen molar-refractivity contribution >= 4 is 44.0 Å². The molecule has 0 unspecified atom stereocenters. The minimum atomic E-state index is -0.507. The van der Waals surface area contributed by atoms with E-state index in [9.17, 15) is 9.50 Å². The minimum Gasteiger partial charge on any atom is -0.504 e. The lowest BCUT2D eigenvalue weighted by atomic mass is 10.2. The Hall–Kier alpha value is -0.360. The van der Waals surface area contributed by atoms with Gasteiger partial charge in [0, 0.05) is 13.7 Å². The fraction of sp³-hybridized carbons (Fsp3) is 0. The van der Waals surface area contributed by atoms with E-state index in [1.165, 1.54) is 0 Å². The molecule has 0 radical (unpaired) electrons. The van der Waals surface area contributed by atoms with Gasteiger partial charge in [0.1, 0.15) is 0 Å². The second kappa shape index (κ2) is 2.85. The molecule has 0 bridgehead atoms. The Kier molecular flexibility index (Phi) is 1.96. The van der Waals surface area contributed by atoms with Crippen molar-refractivity contribution in [1.82, 2.24) is 0 Å². The van der Waals surface area contributed by atoms with Crippen molar-refractivity contribution in [2.24, 2.45) is 0 Å². The first-order valence-corrected chi connectivity index (χ1v) is 5.14. The lowest BCUT2D eigenvalue weighted by molar-refractivity contribution is 0.448. The molecule has 12 heavy (non-hydrogen) atoms. The molecule has 0 atom stereocenters. The van der Waals surface area contributed by atoms with Crippen LogP contribution in [0.25, 0.3) is 10.1 Å². The van der Waals surface area contributed by atoms with E-state index in [-0.39, 0.29) is 5.75 Å². The topological polar surface area (TPSA) is 20.2 Å². The second-order valence-corrected chi connectivity index (χ2v) is 4.61. The summed E-state index contributed by atoms with van der Waals surface area (Å²) in [4.78, 5) is 0. The van der Waals surface area contributed by atoms with Crippen molar-refractivity contribution in [3.8, 4) is 5.75 Å². The summed E-state index contributed by atoms with van der Waals surface area (Å²) >= 11 is 3.09. The van der Waals surface area contributed by atoms with Gasteiger partial charge in [-0.05, 0) is 40.8 Å². The van der Waals surface area contributed by atoms with Crippen LogP contribution in [0.5, 0.6) is 5.75 Å². The van der Waals surface area contributed by atoms with Gasteiger partial charge in [0.25, 0.3) is 0 Å². The zero-order chi connectivity index (χ0) is 8.72. The zero-order valence-electron chi connectivity index (χ0n) is 5.84. The molecular weight excluding hydrogens is 290 g/mol. The van der Waals surface area contributed by atoms with Crippen LogP contribution in [0.2, 0.25) is 0 Å². The summed E-state index contributed by atoms with van der Waals surface area (Å²) in [6, 6.07) is 5.47. The molecule has 1 N–H and O–H groups in total. The van der Waals surface area contributed by atoms with Crippen LogP contribution in [0.3, 0.4) is 0 Å². The quantitative estimate of drug-likeness (QED) is 0.739. The lowest BCUT2D eigenvalue weighted by Gasteiger charge is -1.90. The Morgan fingerprint density at radius 1 is 1.42 bits per heavy atom. The van der Waals surface area contributed by atoms with Crippen LogP contribution < -0.4 is 0 Å². The van der Waals surface area contributed by atoms with Crippen molar-refractivity contribution in [2.45, 2.75) is 0 Å². The van der Waals surface area contributed by atoms with Gasteiger partial charge in [-0.25, -0.2) is 0 Å². The predicted octanol–water partition coefficient (Wildman–Crippen LogP) is 3.35. The Balaban J connectivity index is 2.88. The summed E-state index contributed by atoms with van der Waals surface area (Å²) in [6.07, 6.45) is 0. The molecule has 0 amide bonds. The summed E-state index contributed by atoms with van der Waals surface area (Å²) < 4.78 is 14.6. The highest BCUT2D eigenvalue weighted by Crippen LogP contribution is 2.35. The maximum absolute atomic E-state index is 12.8. The number of aromatic hydroxyl groups is 1. The highest BCUT2D eigenvalue weighted by Gasteiger charge is 2.09. The minimum absolute atomic E-state index is 0.228. The number of halogens is 2. The van der Waals surface area contributed by atoms with E-state index in [0.29, 0.717) is 5.39 Å². The third kappa shape index (κ3) is 1.19. The molecule has 0 aliphatic carbocycles. The standard InChI is InChI=1S/C8H4FIOS/c9-8-7(11)5-3-4(10)1-2-6(5)12-8/h1-3,11H. The maximum Gasteiger partial charge on any atom is 0.219 e. The van der Waals surface area contributed by atoms with E-state index in [1.54, 1.807) is 6.07 Å². The maximum atomic E-state index is 12.8. The largest absolute Gasteiger partial charge is 0.504 e. The van der Waals surface area contributed by atoms with Crippen molar-refractivity contribution < 1.29 is 9.50 Å². The molecule has 0 fully saturated rings. The van der Waals surface area contributed by atoms with Crippen LogP contribution in [0.1, 0.15) is 0 Å². The van der Waals surface area contributed by atoms with Crippen LogP contribution in [-0.2, 0) is 0 Å². The zero-order valence-corrected chi connectivity index (χ0v) is 8.82. The molecule has 62 valence electrons. The average molecular weight is 294 g/mol. The van der Waals surface area contributed by atoms with Gasteiger partial charge in [-0.2, -0.15) is 4.39 Å². The van der Waals surface area contributed by atoms with Gasteiger partial charge in [-0.3, -0.25) is 0 Å². The van der Waals surface area contributed by atoms with Gasteiger partial charge in [0.2, 0.25) is 5.13 Å². The van der Waals surface area contributed by atoms with E-state index >= 15 is 0 Å². The molecule has 0 saturated carbocycles. The first-order valence-electron chi connectivity index (χ1n) is 3.25. The van der Waals surface area contributed by atoms with Gasteiger partial charge in [-0.1, -0.05) is 0 Å². The number of hydrogen-bond acceptors (Lipinski definition) is 2. The molecule has 0 aliphatic heterocycles. The molecule has 0 aliphatic rings. The first-order chi connectivity index (χ1) is 5.68. The molecule has 0 saturated heterocycles. The van der Waals surface area contributed by atoms with Crippen molar-refractivity contribution in [3.63, 3.8) is 0 Å². The Labute approximate surface area is 86.0 Å². The molecule has 4 heteroatoms. The monoisotopic (exact) mass is 294 g/mol. The summed E-state index contributed by atoms with van der Waals surface area (Å²) in [6.45, 7) is 0. The second-order valence-electron chi connectivity index (χ2n) is 2.36. The van der Waals surface area contributed by atoms with E-state index in [1.807, 2.05) is 12.1 Å². The van der Waals surface area contributed by atoms with Gasteiger partial charge in [-0.15, -0.1) is 11.3 Å². The Bertz CT molecular complexity index is 438. The van der Waals surface area contributed by atoms with Gasteiger partial charge >= 0.3 is 0 Å². The van der Waals surface area contributed by atoms with Crippen LogP contribution in [0, 0.1) is 8.70 Å². The number of benzene rings is 1. The number of rotatable bonds is 0. The van der Waals surface area contributed by atoms with E-state index < -0.39 is 5.13 Å². The summed E-state index contributed by atoms with van der Waals surface area (Å²) in [5.41, 5.74) is 0.